The van der Waals surface area contributed by atoms with Crippen LogP contribution in [0.15, 0.2) is 0 Å². The van der Waals surface area contributed by atoms with Crippen LogP contribution in [0.2, 0.25) is 0 Å². The van der Waals surface area contributed by atoms with Gasteiger partial charge in [0.1, 0.15) is 0 Å². The molecule has 0 aromatic heterocycles. The lowest BCUT2D eigenvalue weighted by molar-refractivity contribution is 0.0709. The predicted octanol–water partition coefficient (Wildman–Crippen LogP) is 2.14. The van der Waals surface area contributed by atoms with Crippen LogP contribution in [0.3, 0.4) is 0 Å². The number of nitrogens with zero attached hydrogens (tertiary/aromatic N) is 1. The molecule has 2 heteroatoms. The molecule has 0 aromatic carbocycles. The molecule has 0 spiro atoms. The summed E-state index contributed by atoms with van der Waals surface area (Å²) in [7, 11) is 4.15. The van der Waals surface area contributed by atoms with Crippen LogP contribution in [0.5, 0.6) is 0 Å². The van der Waals surface area contributed by atoms with Gasteiger partial charge in [-0.3, -0.25) is 0 Å². The lowest BCUT2D eigenvalue weighted by Crippen LogP contribution is -2.29. The van der Waals surface area contributed by atoms with Crippen LogP contribution >= 0.6 is 0 Å². The molecule has 2 fully saturated rings. The standard InChI is InChI=1S/C12H23NO/c1-13-6-5-10-3-4-11(9-13)8-12(7-10)14-2/h10-12H,3-9H2,1-2H3. The fourth-order valence-corrected chi connectivity index (χ4v) is 3.10. The van der Waals surface area contributed by atoms with E-state index in [1.54, 1.807) is 0 Å². The van der Waals surface area contributed by atoms with Gasteiger partial charge < -0.3 is 9.64 Å². The summed E-state index contributed by atoms with van der Waals surface area (Å²) in [6.45, 7) is 2.57. The molecule has 14 heavy (non-hydrogen) atoms. The summed E-state index contributed by atoms with van der Waals surface area (Å²) < 4.78 is 5.58. The maximum absolute atomic E-state index is 5.58. The van der Waals surface area contributed by atoms with E-state index in [1.165, 1.54) is 45.2 Å². The van der Waals surface area contributed by atoms with Gasteiger partial charge in [-0.1, -0.05) is 0 Å². The summed E-state index contributed by atoms with van der Waals surface area (Å²) in [6.07, 6.45) is 7.38. The first-order chi connectivity index (χ1) is 6.78. The Morgan fingerprint density at radius 3 is 2.57 bits per heavy atom. The number of hydrogen-bond acceptors (Lipinski definition) is 2. The number of rotatable bonds is 1. The Kier molecular flexibility index (Phi) is 3.45. The van der Waals surface area contributed by atoms with E-state index in [0.29, 0.717) is 6.10 Å². The third-order valence-electron chi connectivity index (χ3n) is 4.00. The summed E-state index contributed by atoms with van der Waals surface area (Å²) in [5.74, 6) is 1.81. The fraction of sp³-hybridized carbons (Fsp3) is 1.00. The number of methoxy groups -OCH3 is 1. The van der Waals surface area contributed by atoms with Gasteiger partial charge in [-0.15, -0.1) is 0 Å². The second-order valence-corrected chi connectivity index (χ2v) is 5.19. The largest absolute Gasteiger partial charge is 0.381 e. The summed E-state index contributed by atoms with van der Waals surface area (Å²) in [4.78, 5) is 2.51. The van der Waals surface area contributed by atoms with Crippen molar-refractivity contribution < 1.29 is 4.74 Å². The second kappa shape index (κ2) is 4.63. The Labute approximate surface area is 87.6 Å². The van der Waals surface area contributed by atoms with E-state index in [2.05, 4.69) is 11.9 Å². The first-order valence-corrected chi connectivity index (χ1v) is 5.99. The summed E-state index contributed by atoms with van der Waals surface area (Å²) in [5.41, 5.74) is 0. The van der Waals surface area contributed by atoms with Crippen molar-refractivity contribution in [3.8, 4) is 0 Å². The Bertz CT molecular complexity index is 183. The highest BCUT2D eigenvalue weighted by molar-refractivity contribution is 4.81. The van der Waals surface area contributed by atoms with Crippen molar-refractivity contribution in [1.82, 2.24) is 4.90 Å². The van der Waals surface area contributed by atoms with Crippen molar-refractivity contribution in [2.75, 3.05) is 27.2 Å². The van der Waals surface area contributed by atoms with E-state index >= 15 is 0 Å². The van der Waals surface area contributed by atoms with Crippen LogP contribution in [-0.2, 0) is 4.74 Å². The van der Waals surface area contributed by atoms with Crippen LogP contribution in [-0.4, -0.2) is 38.3 Å². The molecule has 0 aromatic rings. The van der Waals surface area contributed by atoms with Crippen LogP contribution in [0.25, 0.3) is 0 Å². The normalized spacial score (nSPS) is 40.3. The summed E-state index contributed by atoms with van der Waals surface area (Å²) >= 11 is 0. The molecule has 1 aliphatic heterocycles. The average Bonchev–Trinajstić information content (AvgIpc) is 2.31. The van der Waals surface area contributed by atoms with E-state index in [-0.39, 0.29) is 0 Å². The minimum Gasteiger partial charge on any atom is -0.381 e. The van der Waals surface area contributed by atoms with Crippen molar-refractivity contribution in [2.24, 2.45) is 11.8 Å². The molecule has 0 radical (unpaired) electrons. The monoisotopic (exact) mass is 197 g/mol. The van der Waals surface area contributed by atoms with Crippen LogP contribution in [0, 0.1) is 11.8 Å². The zero-order valence-corrected chi connectivity index (χ0v) is 9.54. The number of fused-ring (bicyclic) bond motifs is 3. The molecule has 0 amide bonds. The SMILES string of the molecule is COC1CC2CCC(C1)CN(C)CC2. The molecule has 2 rings (SSSR count). The van der Waals surface area contributed by atoms with Gasteiger partial charge in [0.2, 0.25) is 0 Å². The third kappa shape index (κ3) is 2.48. The Hall–Kier alpha value is -0.0800. The van der Waals surface area contributed by atoms with Gasteiger partial charge in [0.25, 0.3) is 0 Å². The maximum Gasteiger partial charge on any atom is 0.0577 e. The molecule has 1 aliphatic carbocycles. The highest BCUT2D eigenvalue weighted by atomic mass is 16.5. The van der Waals surface area contributed by atoms with Crippen molar-refractivity contribution in [3.05, 3.63) is 0 Å². The van der Waals surface area contributed by atoms with Crippen molar-refractivity contribution in [2.45, 2.75) is 38.2 Å². The van der Waals surface area contributed by atoms with Crippen LogP contribution in [0.1, 0.15) is 32.1 Å². The molecule has 1 saturated heterocycles. The smallest absolute Gasteiger partial charge is 0.0577 e. The third-order valence-corrected chi connectivity index (χ3v) is 4.00. The molecular formula is C12H23NO. The van der Waals surface area contributed by atoms with E-state index in [4.69, 9.17) is 4.74 Å². The van der Waals surface area contributed by atoms with Gasteiger partial charge in [0.15, 0.2) is 0 Å². The minimum absolute atomic E-state index is 0.541. The van der Waals surface area contributed by atoms with Gasteiger partial charge in [0.05, 0.1) is 6.10 Å². The molecule has 82 valence electrons. The van der Waals surface area contributed by atoms with E-state index in [1.807, 2.05) is 7.11 Å². The van der Waals surface area contributed by atoms with Gasteiger partial charge in [-0.2, -0.15) is 0 Å². The highest BCUT2D eigenvalue weighted by Crippen LogP contribution is 2.33. The zero-order valence-electron chi connectivity index (χ0n) is 9.54. The minimum atomic E-state index is 0.541. The Morgan fingerprint density at radius 1 is 1.07 bits per heavy atom. The highest BCUT2D eigenvalue weighted by Gasteiger charge is 2.28. The average molecular weight is 197 g/mol. The summed E-state index contributed by atoms with van der Waals surface area (Å²) in [6, 6.07) is 0. The van der Waals surface area contributed by atoms with Crippen LogP contribution < -0.4 is 0 Å². The molecule has 3 atom stereocenters. The molecule has 1 saturated carbocycles. The lowest BCUT2D eigenvalue weighted by Gasteiger charge is -2.26. The summed E-state index contributed by atoms with van der Waals surface area (Å²) in [5, 5.41) is 0. The Morgan fingerprint density at radius 2 is 1.79 bits per heavy atom. The Balaban J connectivity index is 2.03. The van der Waals surface area contributed by atoms with Gasteiger partial charge >= 0.3 is 0 Å². The van der Waals surface area contributed by atoms with E-state index in [9.17, 15) is 0 Å². The van der Waals surface area contributed by atoms with Crippen molar-refractivity contribution in [1.29, 1.82) is 0 Å². The van der Waals surface area contributed by atoms with E-state index in [0.717, 1.165) is 11.8 Å². The number of hydrogen-bond donors (Lipinski definition) is 0. The fourth-order valence-electron chi connectivity index (χ4n) is 3.10. The molecule has 1 heterocycles. The predicted molar refractivity (Wildman–Crippen MR) is 58.4 cm³/mol. The quantitative estimate of drug-likeness (QED) is 0.638. The topological polar surface area (TPSA) is 12.5 Å². The molecule has 2 nitrogen and oxygen atoms in total. The van der Waals surface area contributed by atoms with Gasteiger partial charge in [-0.05, 0) is 57.5 Å². The van der Waals surface area contributed by atoms with Crippen LogP contribution in [0.4, 0.5) is 0 Å². The molecule has 3 unspecified atom stereocenters. The number of ether oxygens (including phenoxy) is 1. The van der Waals surface area contributed by atoms with Gasteiger partial charge in [0, 0.05) is 13.7 Å². The first-order valence-electron chi connectivity index (χ1n) is 5.99. The molecule has 2 aliphatic rings. The molecule has 0 N–H and O–H groups in total. The molecular weight excluding hydrogens is 174 g/mol. The van der Waals surface area contributed by atoms with E-state index < -0.39 is 0 Å². The van der Waals surface area contributed by atoms with Gasteiger partial charge in [-0.25, -0.2) is 0 Å². The maximum atomic E-state index is 5.58. The number of likely N-dealkylation sites (tertiary alicyclic amines) is 1. The molecule has 2 bridgehead atoms. The second-order valence-electron chi connectivity index (χ2n) is 5.19. The van der Waals surface area contributed by atoms with Crippen molar-refractivity contribution >= 4 is 0 Å². The zero-order chi connectivity index (χ0) is 9.97. The van der Waals surface area contributed by atoms with Crippen molar-refractivity contribution in [3.63, 3.8) is 0 Å². The first kappa shape index (κ1) is 10.4. The lowest BCUT2D eigenvalue weighted by atomic mass is 9.93.